The highest BCUT2D eigenvalue weighted by Crippen LogP contribution is 2.25. The maximum Gasteiger partial charge on any atom is 0.270 e. The van der Waals surface area contributed by atoms with E-state index in [4.69, 9.17) is 0 Å². The second-order valence-electron chi connectivity index (χ2n) is 7.46. The predicted octanol–water partition coefficient (Wildman–Crippen LogP) is 1.51. The zero-order valence-corrected chi connectivity index (χ0v) is 17.7. The molecule has 1 fully saturated rings. The molecular weight excluding hydrogens is 394 g/mol. The number of nitrogens with one attached hydrogen (secondary N) is 1. The molecular formula is C19H27N5O4S. The zero-order valence-electron chi connectivity index (χ0n) is 16.9. The van der Waals surface area contributed by atoms with Crippen LogP contribution in [0, 0.1) is 17.0 Å². The third-order valence-electron chi connectivity index (χ3n) is 5.44. The molecule has 0 amide bonds. The number of piperazine rings is 1. The van der Waals surface area contributed by atoms with Crippen LogP contribution in [0.4, 0.5) is 5.69 Å². The molecule has 29 heavy (non-hydrogen) atoms. The van der Waals surface area contributed by atoms with E-state index in [0.29, 0.717) is 5.56 Å². The molecule has 1 aliphatic heterocycles. The highest BCUT2D eigenvalue weighted by molar-refractivity contribution is 7.89. The van der Waals surface area contributed by atoms with Crippen LogP contribution in [0.25, 0.3) is 0 Å². The van der Waals surface area contributed by atoms with E-state index in [1.54, 1.807) is 6.92 Å². The molecule has 1 aromatic heterocycles. The van der Waals surface area contributed by atoms with Crippen LogP contribution in [0.5, 0.6) is 0 Å². The van der Waals surface area contributed by atoms with Gasteiger partial charge in [0.1, 0.15) is 0 Å². The number of aryl methyl sites for hydroxylation is 2. The average molecular weight is 422 g/mol. The molecule has 1 aliphatic rings. The molecule has 1 aromatic carbocycles. The molecule has 0 spiro atoms. The van der Waals surface area contributed by atoms with Crippen LogP contribution >= 0.6 is 0 Å². The second-order valence-corrected chi connectivity index (χ2v) is 9.19. The van der Waals surface area contributed by atoms with Crippen molar-refractivity contribution in [1.82, 2.24) is 19.1 Å². The van der Waals surface area contributed by atoms with Crippen LogP contribution < -0.4 is 4.72 Å². The molecule has 158 valence electrons. The lowest BCUT2D eigenvalue weighted by Crippen LogP contribution is -2.48. The first-order valence-corrected chi connectivity index (χ1v) is 11.0. The summed E-state index contributed by atoms with van der Waals surface area (Å²) in [5.74, 6) is 0. The first kappa shape index (κ1) is 21.4. The van der Waals surface area contributed by atoms with Crippen LogP contribution in [0.1, 0.15) is 17.3 Å². The number of sulfonamides is 1. The van der Waals surface area contributed by atoms with E-state index in [1.165, 1.54) is 12.1 Å². The minimum absolute atomic E-state index is 0.0595. The number of nitro groups is 1. The molecule has 2 heterocycles. The Bertz CT molecular complexity index is 980. The number of rotatable bonds is 7. The van der Waals surface area contributed by atoms with Gasteiger partial charge in [0, 0.05) is 63.8 Å². The van der Waals surface area contributed by atoms with Crippen molar-refractivity contribution in [2.45, 2.75) is 17.9 Å². The van der Waals surface area contributed by atoms with E-state index < -0.39 is 14.9 Å². The van der Waals surface area contributed by atoms with Gasteiger partial charge in [-0.25, -0.2) is 13.1 Å². The normalized spacial score (nSPS) is 17.3. The lowest BCUT2D eigenvalue weighted by molar-refractivity contribution is -0.385. The van der Waals surface area contributed by atoms with Crippen LogP contribution in [-0.2, 0) is 17.1 Å². The summed E-state index contributed by atoms with van der Waals surface area (Å²) in [5.41, 5.74) is 1.25. The molecule has 10 heteroatoms. The van der Waals surface area contributed by atoms with Crippen molar-refractivity contribution in [3.63, 3.8) is 0 Å². The van der Waals surface area contributed by atoms with Crippen LogP contribution in [0.15, 0.2) is 41.4 Å². The van der Waals surface area contributed by atoms with E-state index >= 15 is 0 Å². The first-order chi connectivity index (χ1) is 13.7. The zero-order chi connectivity index (χ0) is 21.2. The van der Waals surface area contributed by atoms with Crippen molar-refractivity contribution in [3.8, 4) is 0 Å². The van der Waals surface area contributed by atoms with E-state index in [0.717, 1.165) is 37.9 Å². The Hall–Kier alpha value is -2.27. The highest BCUT2D eigenvalue weighted by atomic mass is 32.2. The van der Waals surface area contributed by atoms with E-state index in [2.05, 4.69) is 21.6 Å². The highest BCUT2D eigenvalue weighted by Gasteiger charge is 2.28. The number of non-ortho nitro benzene ring substituents is 1. The van der Waals surface area contributed by atoms with Crippen LogP contribution in [0.2, 0.25) is 0 Å². The van der Waals surface area contributed by atoms with Gasteiger partial charge in [-0.15, -0.1) is 0 Å². The smallest absolute Gasteiger partial charge is 0.270 e. The summed E-state index contributed by atoms with van der Waals surface area (Å²) in [6.45, 7) is 5.32. The fourth-order valence-corrected chi connectivity index (χ4v) is 4.93. The molecule has 9 nitrogen and oxygen atoms in total. The van der Waals surface area contributed by atoms with E-state index in [-0.39, 0.29) is 23.2 Å². The summed E-state index contributed by atoms with van der Waals surface area (Å²) < 4.78 is 30.6. The molecule has 1 unspecified atom stereocenters. The minimum Gasteiger partial charge on any atom is -0.353 e. The average Bonchev–Trinajstić information content (AvgIpc) is 3.09. The van der Waals surface area contributed by atoms with Gasteiger partial charge >= 0.3 is 0 Å². The predicted molar refractivity (Wildman–Crippen MR) is 110 cm³/mol. The van der Waals surface area contributed by atoms with Crippen molar-refractivity contribution >= 4 is 15.7 Å². The summed E-state index contributed by atoms with van der Waals surface area (Å²) in [6.07, 6.45) is 1.94. The van der Waals surface area contributed by atoms with E-state index in [9.17, 15) is 18.5 Å². The van der Waals surface area contributed by atoms with E-state index in [1.807, 2.05) is 29.9 Å². The van der Waals surface area contributed by atoms with Crippen molar-refractivity contribution in [3.05, 3.63) is 57.9 Å². The Morgan fingerprint density at radius 3 is 2.45 bits per heavy atom. The molecule has 2 aromatic rings. The van der Waals surface area contributed by atoms with Gasteiger partial charge in [-0.2, -0.15) is 0 Å². The van der Waals surface area contributed by atoms with Gasteiger partial charge in [-0.1, -0.05) is 6.07 Å². The lowest BCUT2D eigenvalue weighted by atomic mass is 10.1. The molecule has 3 rings (SSSR count). The Labute approximate surface area is 171 Å². The number of likely N-dealkylation sites (N-methyl/N-ethyl adjacent to an activating group) is 1. The Morgan fingerprint density at radius 1 is 1.17 bits per heavy atom. The summed E-state index contributed by atoms with van der Waals surface area (Å²) in [6, 6.07) is 7.70. The number of hydrogen-bond donors (Lipinski definition) is 1. The van der Waals surface area contributed by atoms with Crippen LogP contribution in [0.3, 0.4) is 0 Å². The van der Waals surface area contributed by atoms with Crippen molar-refractivity contribution in [1.29, 1.82) is 0 Å². The second kappa shape index (κ2) is 8.62. The molecule has 0 saturated carbocycles. The summed E-state index contributed by atoms with van der Waals surface area (Å²) in [4.78, 5) is 14.9. The van der Waals surface area contributed by atoms with Gasteiger partial charge in [0.25, 0.3) is 5.69 Å². The standard InChI is InChI=1S/C19H27N5O4S/c1-15-6-7-16(24(25)26)13-19(15)29(27,28)20-14-18(17-5-4-8-22(17)3)23-11-9-21(2)10-12-23/h4-8,13,18,20H,9-12,14H2,1-3H3. The van der Waals surface area contributed by atoms with Crippen molar-refractivity contribution in [2.75, 3.05) is 39.8 Å². The lowest BCUT2D eigenvalue weighted by Gasteiger charge is -2.38. The summed E-state index contributed by atoms with van der Waals surface area (Å²) >= 11 is 0. The topological polar surface area (TPSA) is 101 Å². The summed E-state index contributed by atoms with van der Waals surface area (Å²) in [5, 5.41) is 11.1. The maximum absolute atomic E-state index is 13.0. The fraction of sp³-hybridized carbons (Fsp3) is 0.474. The Balaban J connectivity index is 1.84. The molecule has 0 bridgehead atoms. The van der Waals surface area contributed by atoms with Gasteiger partial charge in [0.05, 0.1) is 15.9 Å². The van der Waals surface area contributed by atoms with Crippen LogP contribution in [-0.4, -0.2) is 67.5 Å². The molecule has 1 N–H and O–H groups in total. The molecule has 1 saturated heterocycles. The SMILES string of the molecule is Cc1ccc([N+](=O)[O-])cc1S(=O)(=O)NCC(c1cccn1C)N1CCN(C)CC1. The minimum atomic E-state index is -3.90. The third kappa shape index (κ3) is 4.84. The number of benzene rings is 1. The number of aromatic nitrogens is 1. The van der Waals surface area contributed by atoms with Gasteiger partial charge in [0.15, 0.2) is 0 Å². The Kier molecular flexibility index (Phi) is 6.37. The molecule has 0 aliphatic carbocycles. The third-order valence-corrected chi connectivity index (χ3v) is 7.01. The Morgan fingerprint density at radius 2 is 1.86 bits per heavy atom. The van der Waals surface area contributed by atoms with Crippen molar-refractivity contribution < 1.29 is 13.3 Å². The molecule has 1 atom stereocenters. The van der Waals surface area contributed by atoms with Crippen molar-refractivity contribution in [2.24, 2.45) is 7.05 Å². The van der Waals surface area contributed by atoms with Gasteiger partial charge in [0.2, 0.25) is 10.0 Å². The van der Waals surface area contributed by atoms with Gasteiger partial charge in [-0.3, -0.25) is 15.0 Å². The number of nitrogens with zero attached hydrogens (tertiary/aromatic N) is 4. The number of hydrogen-bond acceptors (Lipinski definition) is 6. The van der Waals surface area contributed by atoms with Gasteiger partial charge < -0.3 is 9.47 Å². The maximum atomic E-state index is 13.0. The quantitative estimate of drug-likeness (QED) is 0.537. The fourth-order valence-electron chi connectivity index (χ4n) is 3.63. The monoisotopic (exact) mass is 421 g/mol. The largest absolute Gasteiger partial charge is 0.353 e. The summed E-state index contributed by atoms with van der Waals surface area (Å²) in [7, 11) is 0.118. The molecule has 0 radical (unpaired) electrons. The van der Waals surface area contributed by atoms with Gasteiger partial charge in [-0.05, 0) is 31.7 Å². The number of nitro benzene ring substituents is 1. The first-order valence-electron chi connectivity index (χ1n) is 9.47.